The Balaban J connectivity index is 1.30. The van der Waals surface area contributed by atoms with E-state index in [1.54, 1.807) is 18.0 Å². The minimum absolute atomic E-state index is 0.106. The Morgan fingerprint density at radius 1 is 1.11 bits per heavy atom. The number of benzene rings is 3. The van der Waals surface area contributed by atoms with Crippen LogP contribution in [0.5, 0.6) is 5.75 Å². The van der Waals surface area contributed by atoms with E-state index in [0.717, 1.165) is 53.3 Å². The van der Waals surface area contributed by atoms with Crippen LogP contribution in [0, 0.1) is 0 Å². The molecule has 2 heterocycles. The molecule has 0 aliphatic carbocycles. The summed E-state index contributed by atoms with van der Waals surface area (Å²) in [5, 5.41) is 1.10. The second kappa shape index (κ2) is 11.7. The topological polar surface area (TPSA) is 54.4 Å². The van der Waals surface area contributed by atoms with Crippen molar-refractivity contribution in [3.63, 3.8) is 0 Å². The van der Waals surface area contributed by atoms with Gasteiger partial charge in [-0.1, -0.05) is 41.9 Å². The van der Waals surface area contributed by atoms with Crippen LogP contribution in [-0.4, -0.2) is 49.3 Å². The zero-order valence-electron chi connectivity index (χ0n) is 20.2. The second-order valence-electron chi connectivity index (χ2n) is 8.57. The van der Waals surface area contributed by atoms with Crippen LogP contribution in [0.1, 0.15) is 11.1 Å². The predicted octanol–water partition coefficient (Wildman–Crippen LogP) is 6.75. The fourth-order valence-corrected chi connectivity index (χ4v) is 5.98. The summed E-state index contributed by atoms with van der Waals surface area (Å²) in [6.45, 7) is 3.67. The first-order chi connectivity index (χ1) is 18.0. The molecule has 1 amide bonds. The number of likely N-dealkylation sites (N-methyl/N-ethyl adjacent to an activating group) is 1. The largest absolute Gasteiger partial charge is 0.486 e. The van der Waals surface area contributed by atoms with Gasteiger partial charge in [0.25, 0.3) is 5.91 Å². The molecule has 2 aliphatic heterocycles. The maximum absolute atomic E-state index is 12.9. The lowest BCUT2D eigenvalue weighted by Gasteiger charge is -2.28. The molecule has 5 rings (SSSR count). The standard InChI is InChI=1S/C28H25BrClN3O3S/c1-32-27(34)25(37-28(32)31-21-7-9-22(10-8-21)33-11-13-35-14-12-33)17-20-15-23(29)26(24(30)16-20)36-18-19-5-3-2-4-6-19/h2-10,15-17H,11-14,18H2,1H3/b25-17-,31-28?. The predicted molar refractivity (Wildman–Crippen MR) is 155 cm³/mol. The van der Waals surface area contributed by atoms with E-state index in [-0.39, 0.29) is 5.91 Å². The number of hydrogen-bond donors (Lipinski definition) is 0. The molecule has 0 saturated carbocycles. The molecule has 3 aromatic rings. The zero-order chi connectivity index (χ0) is 25.8. The number of amidine groups is 1. The molecule has 9 heteroatoms. The average molecular weight is 599 g/mol. The summed E-state index contributed by atoms with van der Waals surface area (Å²) in [5.41, 5.74) is 3.79. The van der Waals surface area contributed by atoms with Gasteiger partial charge in [-0.3, -0.25) is 9.69 Å². The van der Waals surface area contributed by atoms with Crippen molar-refractivity contribution in [2.75, 3.05) is 38.3 Å². The quantitative estimate of drug-likeness (QED) is 0.294. The first-order valence-corrected chi connectivity index (χ1v) is 13.8. The molecule has 190 valence electrons. The van der Waals surface area contributed by atoms with Crippen molar-refractivity contribution in [3.8, 4) is 5.75 Å². The van der Waals surface area contributed by atoms with E-state index in [9.17, 15) is 4.79 Å². The Bertz CT molecular complexity index is 1320. The second-order valence-corrected chi connectivity index (χ2v) is 10.8. The number of halogens is 2. The van der Waals surface area contributed by atoms with Gasteiger partial charge in [0.2, 0.25) is 0 Å². The van der Waals surface area contributed by atoms with Gasteiger partial charge in [0, 0.05) is 25.8 Å². The van der Waals surface area contributed by atoms with E-state index in [4.69, 9.17) is 26.1 Å². The minimum atomic E-state index is -0.106. The summed E-state index contributed by atoms with van der Waals surface area (Å²) >= 11 is 11.4. The first kappa shape index (κ1) is 25.9. The molecule has 2 aliphatic rings. The summed E-state index contributed by atoms with van der Waals surface area (Å²) in [7, 11) is 1.74. The summed E-state index contributed by atoms with van der Waals surface area (Å²) in [5.74, 6) is 0.461. The molecule has 0 aromatic heterocycles. The van der Waals surface area contributed by atoms with Gasteiger partial charge in [0.05, 0.1) is 33.3 Å². The molecule has 0 N–H and O–H groups in total. The van der Waals surface area contributed by atoms with E-state index in [2.05, 4.69) is 33.0 Å². The summed E-state index contributed by atoms with van der Waals surface area (Å²) < 4.78 is 12.1. The first-order valence-electron chi connectivity index (χ1n) is 11.8. The molecule has 2 fully saturated rings. The number of thioether (sulfide) groups is 1. The number of nitrogens with zero attached hydrogens (tertiary/aromatic N) is 3. The van der Waals surface area contributed by atoms with E-state index in [0.29, 0.717) is 27.5 Å². The minimum Gasteiger partial charge on any atom is -0.486 e. The Morgan fingerprint density at radius 3 is 2.54 bits per heavy atom. The van der Waals surface area contributed by atoms with Gasteiger partial charge in [-0.2, -0.15) is 0 Å². The highest BCUT2D eigenvalue weighted by Gasteiger charge is 2.30. The lowest BCUT2D eigenvalue weighted by molar-refractivity contribution is -0.121. The lowest BCUT2D eigenvalue weighted by atomic mass is 10.2. The van der Waals surface area contributed by atoms with Crippen molar-refractivity contribution in [3.05, 3.63) is 92.3 Å². The number of carbonyl (C=O) groups excluding carboxylic acids is 1. The molecule has 2 saturated heterocycles. The fourth-order valence-electron chi connectivity index (χ4n) is 4.00. The van der Waals surface area contributed by atoms with Crippen molar-refractivity contribution in [2.45, 2.75) is 6.61 Å². The highest BCUT2D eigenvalue weighted by atomic mass is 79.9. The van der Waals surface area contributed by atoms with E-state index >= 15 is 0 Å². The Kier molecular flexibility index (Phi) is 8.20. The van der Waals surface area contributed by atoms with Crippen molar-refractivity contribution in [1.82, 2.24) is 4.90 Å². The van der Waals surface area contributed by atoms with Gasteiger partial charge in [-0.15, -0.1) is 0 Å². The SMILES string of the molecule is CN1C(=O)/C(=C/c2cc(Cl)c(OCc3ccccc3)c(Br)c2)SC1=Nc1ccc(N2CCOCC2)cc1. The van der Waals surface area contributed by atoms with Crippen LogP contribution in [-0.2, 0) is 16.1 Å². The molecule has 0 bridgehead atoms. The molecule has 6 nitrogen and oxygen atoms in total. The van der Waals surface area contributed by atoms with Crippen molar-refractivity contribution in [2.24, 2.45) is 4.99 Å². The molecule has 37 heavy (non-hydrogen) atoms. The lowest BCUT2D eigenvalue weighted by Crippen LogP contribution is -2.36. The van der Waals surface area contributed by atoms with E-state index in [1.165, 1.54) is 11.8 Å². The van der Waals surface area contributed by atoms with Gasteiger partial charge >= 0.3 is 0 Å². The zero-order valence-corrected chi connectivity index (χ0v) is 23.4. The van der Waals surface area contributed by atoms with Gasteiger partial charge in [0.1, 0.15) is 6.61 Å². The van der Waals surface area contributed by atoms with Crippen LogP contribution in [0.15, 0.2) is 81.1 Å². The molecule has 3 aromatic carbocycles. The molecular weight excluding hydrogens is 574 g/mol. The summed E-state index contributed by atoms with van der Waals surface area (Å²) in [6, 6.07) is 21.7. The highest BCUT2D eigenvalue weighted by molar-refractivity contribution is 9.10. The number of ether oxygens (including phenoxy) is 2. The maximum Gasteiger partial charge on any atom is 0.266 e. The summed E-state index contributed by atoms with van der Waals surface area (Å²) in [6.07, 6.45) is 1.82. The summed E-state index contributed by atoms with van der Waals surface area (Å²) in [4.78, 5) is 22.1. The fraction of sp³-hybridized carbons (Fsp3) is 0.214. The van der Waals surface area contributed by atoms with E-state index < -0.39 is 0 Å². The number of amides is 1. The molecule has 0 atom stereocenters. The molecule has 0 unspecified atom stereocenters. The maximum atomic E-state index is 12.9. The van der Waals surface area contributed by atoms with Gasteiger partial charge in [0.15, 0.2) is 10.9 Å². The normalized spacial score (nSPS) is 18.2. The number of morpholine rings is 1. The molecular formula is C28H25BrClN3O3S. The van der Waals surface area contributed by atoms with Gasteiger partial charge < -0.3 is 14.4 Å². The molecule has 0 spiro atoms. The van der Waals surface area contributed by atoms with Gasteiger partial charge in [-0.25, -0.2) is 4.99 Å². The van der Waals surface area contributed by atoms with Crippen molar-refractivity contribution in [1.29, 1.82) is 0 Å². The van der Waals surface area contributed by atoms with Crippen LogP contribution in [0.4, 0.5) is 11.4 Å². The molecule has 0 radical (unpaired) electrons. The van der Waals surface area contributed by atoms with Gasteiger partial charge in [-0.05, 0) is 81.3 Å². The number of anilines is 1. The number of hydrogen-bond acceptors (Lipinski definition) is 6. The van der Waals surface area contributed by atoms with Crippen LogP contribution in [0.25, 0.3) is 6.08 Å². The highest BCUT2D eigenvalue weighted by Crippen LogP contribution is 2.38. The number of aliphatic imine (C=N–C) groups is 1. The number of rotatable bonds is 6. The van der Waals surface area contributed by atoms with Crippen molar-refractivity contribution >= 4 is 67.8 Å². The number of carbonyl (C=O) groups is 1. The van der Waals surface area contributed by atoms with E-state index in [1.807, 2.05) is 54.6 Å². The van der Waals surface area contributed by atoms with Crippen LogP contribution in [0.2, 0.25) is 5.02 Å². The van der Waals surface area contributed by atoms with Crippen LogP contribution >= 0.6 is 39.3 Å². The van der Waals surface area contributed by atoms with Crippen LogP contribution in [0.3, 0.4) is 0 Å². The third-order valence-electron chi connectivity index (χ3n) is 6.00. The van der Waals surface area contributed by atoms with Crippen LogP contribution < -0.4 is 9.64 Å². The Hall–Kier alpha value is -2.78. The monoisotopic (exact) mass is 597 g/mol. The smallest absolute Gasteiger partial charge is 0.266 e. The third kappa shape index (κ3) is 6.21. The third-order valence-corrected chi connectivity index (χ3v) is 7.93. The Labute approximate surface area is 234 Å². The van der Waals surface area contributed by atoms with Crippen molar-refractivity contribution < 1.29 is 14.3 Å². The average Bonchev–Trinajstić information content (AvgIpc) is 3.17. The Morgan fingerprint density at radius 2 is 1.84 bits per heavy atom.